The van der Waals surface area contributed by atoms with Crippen LogP contribution in [0.2, 0.25) is 0 Å². The minimum atomic E-state index is -3.56. The van der Waals surface area contributed by atoms with Crippen molar-refractivity contribution in [3.05, 3.63) is 11.5 Å². The van der Waals surface area contributed by atoms with E-state index in [1.165, 1.54) is 0 Å². The number of halogens is 1. The second-order valence-electron chi connectivity index (χ2n) is 4.85. The Balaban J connectivity index is 0.00000180. The van der Waals surface area contributed by atoms with Gasteiger partial charge in [0, 0.05) is 12.6 Å². The Morgan fingerprint density at radius 1 is 1.42 bits per heavy atom. The number of sulfonamides is 1. The second-order valence-corrected chi connectivity index (χ2v) is 6.50. The predicted molar refractivity (Wildman–Crippen MR) is 74.0 cm³/mol. The average Bonchev–Trinajstić information content (AvgIpc) is 2.62. The van der Waals surface area contributed by atoms with Crippen LogP contribution < -0.4 is 10.0 Å². The molecule has 0 spiro atoms. The van der Waals surface area contributed by atoms with Crippen LogP contribution in [0, 0.1) is 19.8 Å². The SMILES string of the molecule is Cc1noc(C)c1S(=O)(=O)NC1CNCCC1C.Cl. The van der Waals surface area contributed by atoms with E-state index in [2.05, 4.69) is 22.1 Å². The topological polar surface area (TPSA) is 84.2 Å². The molecule has 8 heteroatoms. The molecule has 0 saturated carbocycles. The van der Waals surface area contributed by atoms with Crippen molar-refractivity contribution in [2.75, 3.05) is 13.1 Å². The van der Waals surface area contributed by atoms with Crippen LogP contribution in [-0.2, 0) is 10.0 Å². The summed E-state index contributed by atoms with van der Waals surface area (Å²) in [6, 6.07) is -0.0857. The smallest absolute Gasteiger partial charge is 0.246 e. The first kappa shape index (κ1) is 16.4. The first-order chi connectivity index (χ1) is 8.42. The van der Waals surface area contributed by atoms with Crippen molar-refractivity contribution in [2.45, 2.75) is 38.1 Å². The summed E-state index contributed by atoms with van der Waals surface area (Å²) in [5.41, 5.74) is 0.399. The molecule has 0 radical (unpaired) electrons. The second kappa shape index (κ2) is 6.21. The van der Waals surface area contributed by atoms with Gasteiger partial charge in [0.25, 0.3) is 0 Å². The number of rotatable bonds is 3. The number of piperidine rings is 1. The summed E-state index contributed by atoms with van der Waals surface area (Å²) in [5.74, 6) is 0.651. The van der Waals surface area contributed by atoms with Gasteiger partial charge in [-0.2, -0.15) is 0 Å². The lowest BCUT2D eigenvalue weighted by atomic mass is 9.96. The summed E-state index contributed by atoms with van der Waals surface area (Å²) < 4.78 is 32.3. The van der Waals surface area contributed by atoms with Crippen LogP contribution in [0.5, 0.6) is 0 Å². The Bertz CT molecular complexity index is 510. The zero-order valence-electron chi connectivity index (χ0n) is 11.3. The summed E-state index contributed by atoms with van der Waals surface area (Å²) in [5, 5.41) is 6.88. The van der Waals surface area contributed by atoms with Crippen molar-refractivity contribution in [1.82, 2.24) is 15.2 Å². The molecule has 1 fully saturated rings. The maximum atomic E-state index is 12.3. The van der Waals surface area contributed by atoms with Crippen molar-refractivity contribution in [3.63, 3.8) is 0 Å². The van der Waals surface area contributed by atoms with E-state index in [9.17, 15) is 8.42 Å². The molecule has 2 atom stereocenters. The minimum Gasteiger partial charge on any atom is -0.360 e. The zero-order valence-corrected chi connectivity index (χ0v) is 12.9. The highest BCUT2D eigenvalue weighted by molar-refractivity contribution is 7.89. The van der Waals surface area contributed by atoms with Gasteiger partial charge in [-0.3, -0.25) is 0 Å². The van der Waals surface area contributed by atoms with Gasteiger partial charge in [0.1, 0.15) is 10.6 Å². The zero-order chi connectivity index (χ0) is 13.3. The Morgan fingerprint density at radius 3 is 2.63 bits per heavy atom. The molecule has 2 unspecified atom stereocenters. The van der Waals surface area contributed by atoms with E-state index in [-0.39, 0.29) is 23.3 Å². The molecule has 6 nitrogen and oxygen atoms in total. The number of hydrogen-bond acceptors (Lipinski definition) is 5. The minimum absolute atomic E-state index is 0. The van der Waals surface area contributed by atoms with Crippen molar-refractivity contribution >= 4 is 22.4 Å². The van der Waals surface area contributed by atoms with E-state index in [1.54, 1.807) is 13.8 Å². The van der Waals surface area contributed by atoms with Gasteiger partial charge in [-0.25, -0.2) is 13.1 Å². The fraction of sp³-hybridized carbons (Fsp3) is 0.727. The van der Waals surface area contributed by atoms with Crippen LogP contribution in [0.25, 0.3) is 0 Å². The Hall–Kier alpha value is -0.630. The molecule has 1 aromatic heterocycles. The maximum Gasteiger partial charge on any atom is 0.246 e. The van der Waals surface area contributed by atoms with Crippen LogP contribution in [0.3, 0.4) is 0 Å². The van der Waals surface area contributed by atoms with Crippen molar-refractivity contribution < 1.29 is 12.9 Å². The van der Waals surface area contributed by atoms with E-state index in [4.69, 9.17) is 4.52 Å². The highest BCUT2D eigenvalue weighted by Crippen LogP contribution is 2.21. The first-order valence-corrected chi connectivity index (χ1v) is 7.56. The molecule has 0 aromatic carbocycles. The van der Waals surface area contributed by atoms with Gasteiger partial charge in [-0.15, -0.1) is 12.4 Å². The molecule has 2 rings (SSSR count). The van der Waals surface area contributed by atoms with E-state index < -0.39 is 10.0 Å². The first-order valence-electron chi connectivity index (χ1n) is 6.07. The van der Waals surface area contributed by atoms with Gasteiger partial charge in [-0.1, -0.05) is 12.1 Å². The Morgan fingerprint density at radius 2 is 2.11 bits per heavy atom. The standard InChI is InChI=1S/C11H19N3O3S.ClH/c1-7-4-5-12-6-10(7)14-18(15,16)11-8(2)13-17-9(11)3;/h7,10,12,14H,4-6H2,1-3H3;1H. The van der Waals surface area contributed by atoms with Gasteiger partial charge in [-0.05, 0) is 32.7 Å². The van der Waals surface area contributed by atoms with Crippen LogP contribution >= 0.6 is 12.4 Å². The van der Waals surface area contributed by atoms with E-state index >= 15 is 0 Å². The van der Waals surface area contributed by atoms with E-state index in [1.807, 2.05) is 0 Å². The van der Waals surface area contributed by atoms with Crippen molar-refractivity contribution in [1.29, 1.82) is 0 Å². The van der Waals surface area contributed by atoms with Crippen LogP contribution in [0.1, 0.15) is 24.8 Å². The highest BCUT2D eigenvalue weighted by atomic mass is 35.5. The lowest BCUT2D eigenvalue weighted by molar-refractivity contribution is 0.327. The van der Waals surface area contributed by atoms with Crippen LogP contribution in [0.4, 0.5) is 0 Å². The fourth-order valence-electron chi connectivity index (χ4n) is 2.26. The lowest BCUT2D eigenvalue weighted by Gasteiger charge is -2.29. The molecule has 0 aliphatic carbocycles. The highest BCUT2D eigenvalue weighted by Gasteiger charge is 2.30. The molecule has 2 N–H and O–H groups in total. The molecule has 1 saturated heterocycles. The molecular weight excluding hydrogens is 290 g/mol. The molecule has 19 heavy (non-hydrogen) atoms. The number of nitrogens with one attached hydrogen (secondary N) is 2. The molecule has 1 aromatic rings. The Kier molecular flexibility index (Phi) is 5.37. The molecule has 2 heterocycles. The number of aromatic nitrogens is 1. The molecule has 0 bridgehead atoms. The van der Waals surface area contributed by atoms with E-state index in [0.717, 1.165) is 13.0 Å². The van der Waals surface area contributed by atoms with Gasteiger partial charge in [0.2, 0.25) is 10.0 Å². The van der Waals surface area contributed by atoms with E-state index in [0.29, 0.717) is 23.9 Å². The van der Waals surface area contributed by atoms with Crippen LogP contribution in [0.15, 0.2) is 9.42 Å². The van der Waals surface area contributed by atoms with Crippen LogP contribution in [-0.4, -0.2) is 32.7 Å². The average molecular weight is 310 g/mol. The third-order valence-corrected chi connectivity index (χ3v) is 5.10. The van der Waals surface area contributed by atoms with Gasteiger partial charge >= 0.3 is 0 Å². The maximum absolute atomic E-state index is 12.3. The van der Waals surface area contributed by atoms with Crippen molar-refractivity contribution in [3.8, 4) is 0 Å². The summed E-state index contributed by atoms with van der Waals surface area (Å²) in [7, 11) is -3.56. The third-order valence-electron chi connectivity index (χ3n) is 3.37. The number of aryl methyl sites for hydroxylation is 2. The Labute approximate surface area is 119 Å². The molecule has 1 aliphatic heterocycles. The molecule has 0 amide bonds. The van der Waals surface area contributed by atoms with Gasteiger partial charge in [0.05, 0.1) is 0 Å². The van der Waals surface area contributed by atoms with Gasteiger partial charge < -0.3 is 9.84 Å². The summed E-state index contributed by atoms with van der Waals surface area (Å²) in [6.07, 6.45) is 0.967. The summed E-state index contributed by atoms with van der Waals surface area (Å²) in [6.45, 7) is 6.89. The van der Waals surface area contributed by atoms with Gasteiger partial charge in [0.15, 0.2) is 5.76 Å². The monoisotopic (exact) mass is 309 g/mol. The predicted octanol–water partition coefficient (Wildman–Crippen LogP) is 0.990. The lowest BCUT2D eigenvalue weighted by Crippen LogP contribution is -2.50. The van der Waals surface area contributed by atoms with Crippen molar-refractivity contribution in [2.24, 2.45) is 5.92 Å². The summed E-state index contributed by atoms with van der Waals surface area (Å²) >= 11 is 0. The molecule has 110 valence electrons. The summed E-state index contributed by atoms with van der Waals surface area (Å²) in [4.78, 5) is 0.167. The fourth-order valence-corrected chi connectivity index (χ4v) is 3.94. The quantitative estimate of drug-likeness (QED) is 0.870. The number of nitrogens with zero attached hydrogens (tertiary/aromatic N) is 1. The third kappa shape index (κ3) is 3.47. The normalized spacial score (nSPS) is 23.9. The molecule has 1 aliphatic rings. The largest absolute Gasteiger partial charge is 0.360 e. The number of hydrogen-bond donors (Lipinski definition) is 2. The molecular formula is C11H20ClN3O3S.